The Hall–Kier alpha value is -0.720. The summed E-state index contributed by atoms with van der Waals surface area (Å²) in [5.74, 6) is 0.956. The van der Waals surface area contributed by atoms with Crippen molar-refractivity contribution in [3.05, 3.63) is 23.8 Å². The van der Waals surface area contributed by atoms with Crippen LogP contribution >= 0.6 is 11.8 Å². The van der Waals surface area contributed by atoms with E-state index in [1.165, 1.54) is 0 Å². The van der Waals surface area contributed by atoms with Crippen LogP contribution in [-0.4, -0.2) is 33.0 Å². The van der Waals surface area contributed by atoms with E-state index in [2.05, 4.69) is 10.0 Å². The summed E-state index contributed by atoms with van der Waals surface area (Å²) < 4.78 is 27.5. The number of anilines is 1. The average Bonchev–Trinajstić information content (AvgIpc) is 2.44. The molecule has 0 spiro atoms. The van der Waals surface area contributed by atoms with Crippen LogP contribution in [0.2, 0.25) is 0 Å². The van der Waals surface area contributed by atoms with Crippen LogP contribution in [0.5, 0.6) is 0 Å². The second-order valence-electron chi connectivity index (χ2n) is 5.15. The van der Waals surface area contributed by atoms with Gasteiger partial charge >= 0.3 is 0 Å². The Labute approximate surface area is 125 Å². The van der Waals surface area contributed by atoms with Crippen LogP contribution in [-0.2, 0) is 16.4 Å². The zero-order chi connectivity index (χ0) is 14.6. The molecule has 1 aliphatic heterocycles. The van der Waals surface area contributed by atoms with E-state index in [9.17, 15) is 8.42 Å². The molecular weight excluding hydrogens is 292 g/mol. The van der Waals surface area contributed by atoms with E-state index in [1.807, 2.05) is 19.2 Å². The van der Waals surface area contributed by atoms with Gasteiger partial charge in [0.15, 0.2) is 0 Å². The highest BCUT2D eigenvalue weighted by Crippen LogP contribution is 2.25. The number of benzene rings is 1. The van der Waals surface area contributed by atoms with Gasteiger partial charge in [0, 0.05) is 18.3 Å². The molecule has 1 aliphatic rings. The third kappa shape index (κ3) is 3.90. The number of fused-ring (bicyclic) bond motifs is 1. The van der Waals surface area contributed by atoms with Crippen LogP contribution in [0.15, 0.2) is 23.1 Å². The van der Waals surface area contributed by atoms with E-state index < -0.39 is 10.0 Å². The number of rotatable bonds is 6. The molecule has 4 nitrogen and oxygen atoms in total. The van der Waals surface area contributed by atoms with Crippen LogP contribution < -0.4 is 10.0 Å². The largest absolute Gasteiger partial charge is 0.385 e. The molecule has 0 bridgehead atoms. The van der Waals surface area contributed by atoms with Crippen molar-refractivity contribution in [3.63, 3.8) is 0 Å². The third-order valence-corrected chi connectivity index (χ3v) is 5.67. The molecule has 112 valence electrons. The van der Waals surface area contributed by atoms with Crippen LogP contribution in [0.25, 0.3) is 0 Å². The fourth-order valence-electron chi connectivity index (χ4n) is 2.30. The molecule has 0 aliphatic carbocycles. The number of sulfonamides is 1. The van der Waals surface area contributed by atoms with Gasteiger partial charge in [-0.1, -0.05) is 0 Å². The zero-order valence-corrected chi connectivity index (χ0v) is 13.6. The van der Waals surface area contributed by atoms with E-state index in [0.717, 1.165) is 42.8 Å². The highest BCUT2D eigenvalue weighted by Gasteiger charge is 2.19. The Morgan fingerprint density at radius 1 is 1.45 bits per heavy atom. The first kappa shape index (κ1) is 15.7. The number of aryl methyl sites for hydroxylation is 1. The van der Waals surface area contributed by atoms with E-state index in [-0.39, 0.29) is 6.04 Å². The number of nitrogens with one attached hydrogen (secondary N) is 2. The molecule has 0 aromatic heterocycles. The summed E-state index contributed by atoms with van der Waals surface area (Å²) in [6, 6.07) is 5.31. The maximum atomic E-state index is 12.4. The van der Waals surface area contributed by atoms with Gasteiger partial charge in [-0.2, -0.15) is 11.8 Å². The minimum Gasteiger partial charge on any atom is -0.385 e. The maximum absolute atomic E-state index is 12.4. The molecule has 2 rings (SSSR count). The fraction of sp³-hybridized carbons (Fsp3) is 0.571. The van der Waals surface area contributed by atoms with Gasteiger partial charge in [0.25, 0.3) is 0 Å². The summed E-state index contributed by atoms with van der Waals surface area (Å²) in [7, 11) is -3.41. The molecule has 0 amide bonds. The molecule has 0 saturated carbocycles. The van der Waals surface area contributed by atoms with Crippen molar-refractivity contribution in [2.75, 3.05) is 23.9 Å². The van der Waals surface area contributed by atoms with Crippen LogP contribution in [0, 0.1) is 0 Å². The quantitative estimate of drug-likeness (QED) is 0.847. The minimum atomic E-state index is -3.41. The lowest BCUT2D eigenvalue weighted by molar-refractivity contribution is 0.557. The van der Waals surface area contributed by atoms with Crippen molar-refractivity contribution in [2.45, 2.75) is 37.1 Å². The summed E-state index contributed by atoms with van der Waals surface area (Å²) in [5, 5.41) is 3.29. The second-order valence-corrected chi connectivity index (χ2v) is 7.85. The van der Waals surface area contributed by atoms with Crippen LogP contribution in [0.3, 0.4) is 0 Å². The lowest BCUT2D eigenvalue weighted by Crippen LogP contribution is -2.33. The third-order valence-electron chi connectivity index (χ3n) is 3.44. The van der Waals surface area contributed by atoms with E-state index in [4.69, 9.17) is 0 Å². The van der Waals surface area contributed by atoms with Gasteiger partial charge in [-0.25, -0.2) is 13.1 Å². The number of thioether (sulfide) groups is 1. The van der Waals surface area contributed by atoms with Crippen molar-refractivity contribution in [1.82, 2.24) is 4.72 Å². The Kier molecular flexibility index (Phi) is 5.35. The average molecular weight is 314 g/mol. The standard InChI is InChI=1S/C14H22N2O2S2/c1-11(7-9-19-2)16-20(17,18)13-5-6-14-12(10-13)4-3-8-15-14/h5-6,10-11,15-16H,3-4,7-9H2,1-2H3. The van der Waals surface area contributed by atoms with Crippen molar-refractivity contribution in [1.29, 1.82) is 0 Å². The van der Waals surface area contributed by atoms with Gasteiger partial charge < -0.3 is 5.32 Å². The molecule has 1 aromatic rings. The summed E-state index contributed by atoms with van der Waals surface area (Å²) in [5.41, 5.74) is 2.15. The van der Waals surface area contributed by atoms with Gasteiger partial charge in [-0.3, -0.25) is 0 Å². The summed E-state index contributed by atoms with van der Waals surface area (Å²) >= 11 is 1.73. The Balaban J connectivity index is 2.13. The molecule has 6 heteroatoms. The predicted octanol–water partition coefficient (Wildman–Crippen LogP) is 2.46. The Morgan fingerprint density at radius 3 is 3.00 bits per heavy atom. The van der Waals surface area contributed by atoms with Crippen LogP contribution in [0.4, 0.5) is 5.69 Å². The zero-order valence-electron chi connectivity index (χ0n) is 12.0. The lowest BCUT2D eigenvalue weighted by atomic mass is 10.0. The first-order valence-corrected chi connectivity index (χ1v) is 9.78. The monoisotopic (exact) mass is 314 g/mol. The van der Waals surface area contributed by atoms with E-state index >= 15 is 0 Å². The van der Waals surface area contributed by atoms with Gasteiger partial charge in [0.2, 0.25) is 10.0 Å². The Morgan fingerprint density at radius 2 is 2.25 bits per heavy atom. The van der Waals surface area contributed by atoms with Gasteiger partial charge in [0.05, 0.1) is 4.90 Å². The summed E-state index contributed by atoms with van der Waals surface area (Å²) in [4.78, 5) is 0.371. The molecule has 0 fully saturated rings. The SMILES string of the molecule is CSCCC(C)NS(=O)(=O)c1ccc2c(c1)CCCN2. The summed E-state index contributed by atoms with van der Waals surface area (Å²) in [6.07, 6.45) is 4.85. The normalized spacial score (nSPS) is 16.3. The highest BCUT2D eigenvalue weighted by atomic mass is 32.2. The van der Waals surface area contributed by atoms with Crippen molar-refractivity contribution < 1.29 is 8.42 Å². The first-order valence-electron chi connectivity index (χ1n) is 6.91. The van der Waals surface area contributed by atoms with E-state index in [0.29, 0.717) is 4.90 Å². The van der Waals surface area contributed by atoms with Crippen molar-refractivity contribution in [2.24, 2.45) is 0 Å². The van der Waals surface area contributed by atoms with Gasteiger partial charge in [0.1, 0.15) is 0 Å². The second kappa shape index (κ2) is 6.83. The minimum absolute atomic E-state index is 0.0402. The maximum Gasteiger partial charge on any atom is 0.240 e. The number of hydrogen-bond acceptors (Lipinski definition) is 4. The van der Waals surface area contributed by atoms with Gasteiger partial charge in [-0.15, -0.1) is 0 Å². The van der Waals surface area contributed by atoms with Crippen molar-refractivity contribution in [3.8, 4) is 0 Å². The molecule has 1 unspecified atom stereocenters. The molecule has 0 saturated heterocycles. The topological polar surface area (TPSA) is 58.2 Å². The number of hydrogen-bond donors (Lipinski definition) is 2. The predicted molar refractivity (Wildman–Crippen MR) is 86.0 cm³/mol. The molecule has 1 atom stereocenters. The molecule has 1 aromatic carbocycles. The van der Waals surface area contributed by atoms with Crippen LogP contribution in [0.1, 0.15) is 25.3 Å². The molecular formula is C14H22N2O2S2. The first-order chi connectivity index (χ1) is 9.53. The summed E-state index contributed by atoms with van der Waals surface area (Å²) in [6.45, 7) is 2.87. The molecule has 2 N–H and O–H groups in total. The fourth-order valence-corrected chi connectivity index (χ4v) is 4.22. The highest BCUT2D eigenvalue weighted by molar-refractivity contribution is 7.98. The molecule has 0 radical (unpaired) electrons. The lowest BCUT2D eigenvalue weighted by Gasteiger charge is -2.19. The van der Waals surface area contributed by atoms with E-state index in [1.54, 1.807) is 23.9 Å². The van der Waals surface area contributed by atoms with Crippen molar-refractivity contribution >= 4 is 27.5 Å². The molecule has 1 heterocycles. The smallest absolute Gasteiger partial charge is 0.240 e. The van der Waals surface area contributed by atoms with Gasteiger partial charge in [-0.05, 0) is 62.0 Å². The Bertz CT molecular complexity index is 558. The molecule has 20 heavy (non-hydrogen) atoms.